The van der Waals surface area contributed by atoms with Crippen LogP contribution in [-0.4, -0.2) is 62.5 Å². The van der Waals surface area contributed by atoms with E-state index in [1.807, 2.05) is 6.92 Å². The lowest BCUT2D eigenvalue weighted by atomic mass is 9.88. The molecule has 0 aromatic heterocycles. The Labute approximate surface area is 120 Å². The zero-order valence-corrected chi connectivity index (χ0v) is 12.5. The summed E-state index contributed by atoms with van der Waals surface area (Å²) in [7, 11) is 1.66. The van der Waals surface area contributed by atoms with Crippen LogP contribution in [0.25, 0.3) is 0 Å². The number of hydrogen-bond acceptors (Lipinski definition) is 4. The molecule has 0 spiro atoms. The maximum atomic E-state index is 12.3. The molecule has 2 amide bonds. The average Bonchev–Trinajstić information content (AvgIpc) is 2.89. The van der Waals surface area contributed by atoms with Crippen molar-refractivity contribution in [1.82, 2.24) is 20.9 Å². The van der Waals surface area contributed by atoms with Crippen LogP contribution in [-0.2, 0) is 9.59 Å². The summed E-state index contributed by atoms with van der Waals surface area (Å²) in [4.78, 5) is 25.8. The van der Waals surface area contributed by atoms with Crippen molar-refractivity contribution in [1.29, 1.82) is 0 Å². The van der Waals surface area contributed by atoms with Gasteiger partial charge >= 0.3 is 0 Å². The van der Waals surface area contributed by atoms with Crippen LogP contribution >= 0.6 is 0 Å². The number of likely N-dealkylation sites (N-methyl/N-ethyl adjacent to an activating group) is 1. The molecule has 6 heteroatoms. The number of carbonyl (C=O) groups is 2. The number of amides is 2. The van der Waals surface area contributed by atoms with Crippen LogP contribution in [0.2, 0.25) is 0 Å². The van der Waals surface area contributed by atoms with E-state index in [0.717, 1.165) is 45.4 Å². The molecule has 20 heavy (non-hydrogen) atoms. The molecule has 0 aromatic carbocycles. The Hall–Kier alpha value is -1.14. The van der Waals surface area contributed by atoms with Crippen molar-refractivity contribution in [3.63, 3.8) is 0 Å². The molecule has 2 saturated heterocycles. The first-order valence-corrected chi connectivity index (χ1v) is 7.48. The van der Waals surface area contributed by atoms with Crippen LogP contribution in [0.1, 0.15) is 26.2 Å². The molecular formula is C14H26N4O2. The maximum Gasteiger partial charge on any atom is 0.233 e. The first-order valence-electron chi connectivity index (χ1n) is 7.48. The average molecular weight is 282 g/mol. The summed E-state index contributed by atoms with van der Waals surface area (Å²) in [5.41, 5.74) is -0.251. The van der Waals surface area contributed by atoms with Crippen molar-refractivity contribution in [2.24, 2.45) is 5.41 Å². The van der Waals surface area contributed by atoms with Gasteiger partial charge in [-0.25, -0.2) is 0 Å². The Balaban J connectivity index is 1.74. The summed E-state index contributed by atoms with van der Waals surface area (Å²) in [6.45, 7) is 5.92. The second-order valence-electron chi connectivity index (χ2n) is 6.18. The summed E-state index contributed by atoms with van der Waals surface area (Å²) in [6, 6.07) is 0.251. The fourth-order valence-electron chi connectivity index (χ4n) is 2.89. The number of rotatable bonds is 4. The van der Waals surface area contributed by atoms with Gasteiger partial charge in [0.1, 0.15) is 0 Å². The lowest BCUT2D eigenvalue weighted by molar-refractivity contribution is -0.130. The van der Waals surface area contributed by atoms with Gasteiger partial charge in [-0.1, -0.05) is 0 Å². The normalized spacial score (nSPS) is 28.3. The van der Waals surface area contributed by atoms with E-state index in [4.69, 9.17) is 0 Å². The summed E-state index contributed by atoms with van der Waals surface area (Å²) in [5, 5.41) is 9.08. The van der Waals surface area contributed by atoms with Crippen molar-refractivity contribution in [3.05, 3.63) is 0 Å². The van der Waals surface area contributed by atoms with Gasteiger partial charge in [-0.05, 0) is 32.7 Å². The highest BCUT2D eigenvalue weighted by atomic mass is 16.2. The van der Waals surface area contributed by atoms with Gasteiger partial charge < -0.3 is 16.0 Å². The number of likely N-dealkylation sites (tertiary alicyclic amines) is 1. The molecule has 0 aliphatic carbocycles. The molecule has 2 heterocycles. The van der Waals surface area contributed by atoms with E-state index in [1.165, 1.54) is 0 Å². The van der Waals surface area contributed by atoms with Crippen molar-refractivity contribution in [2.75, 3.05) is 39.8 Å². The number of carbonyl (C=O) groups excluding carboxylic acids is 2. The smallest absolute Gasteiger partial charge is 0.233 e. The first-order chi connectivity index (χ1) is 9.53. The number of hydrogen-bond donors (Lipinski definition) is 3. The van der Waals surface area contributed by atoms with E-state index < -0.39 is 0 Å². The lowest BCUT2D eigenvalue weighted by Crippen LogP contribution is -2.50. The summed E-state index contributed by atoms with van der Waals surface area (Å²) < 4.78 is 0. The molecule has 2 fully saturated rings. The van der Waals surface area contributed by atoms with Crippen molar-refractivity contribution >= 4 is 11.8 Å². The molecule has 2 rings (SSSR count). The molecule has 3 N–H and O–H groups in total. The topological polar surface area (TPSA) is 73.5 Å². The van der Waals surface area contributed by atoms with Crippen LogP contribution < -0.4 is 16.0 Å². The Kier molecular flexibility index (Phi) is 4.99. The molecule has 2 aliphatic rings. The second kappa shape index (κ2) is 6.54. The second-order valence-corrected chi connectivity index (χ2v) is 6.18. The highest BCUT2D eigenvalue weighted by Gasteiger charge is 2.37. The van der Waals surface area contributed by atoms with Crippen LogP contribution in [0.5, 0.6) is 0 Å². The van der Waals surface area contributed by atoms with Crippen LogP contribution in [0, 0.1) is 5.41 Å². The predicted octanol–water partition coefficient (Wildman–Crippen LogP) is -0.687. The first kappa shape index (κ1) is 15.3. The number of nitrogens with zero attached hydrogens (tertiary/aromatic N) is 1. The number of nitrogens with one attached hydrogen (secondary N) is 3. The van der Waals surface area contributed by atoms with E-state index in [9.17, 15) is 9.59 Å². The monoisotopic (exact) mass is 282 g/mol. The standard InChI is InChI=1S/C14H26N4O2/c1-14(5-6-16-10-14)13(20)17-11-3-7-18(8-4-11)9-12(19)15-2/h11,16H,3-10H2,1-2H3,(H,15,19)(H,17,20). The largest absolute Gasteiger partial charge is 0.358 e. The van der Waals surface area contributed by atoms with E-state index >= 15 is 0 Å². The van der Waals surface area contributed by atoms with E-state index in [0.29, 0.717) is 6.54 Å². The van der Waals surface area contributed by atoms with Crippen molar-refractivity contribution in [2.45, 2.75) is 32.2 Å². The third kappa shape index (κ3) is 3.70. The van der Waals surface area contributed by atoms with Crippen molar-refractivity contribution < 1.29 is 9.59 Å². The molecule has 1 unspecified atom stereocenters. The Morgan fingerprint density at radius 1 is 1.35 bits per heavy atom. The van der Waals surface area contributed by atoms with Gasteiger partial charge in [-0.3, -0.25) is 14.5 Å². The SMILES string of the molecule is CNC(=O)CN1CCC(NC(=O)C2(C)CCNC2)CC1. The third-order valence-electron chi connectivity index (χ3n) is 4.49. The molecule has 0 radical (unpaired) electrons. The highest BCUT2D eigenvalue weighted by molar-refractivity contribution is 5.83. The fraction of sp³-hybridized carbons (Fsp3) is 0.857. The van der Waals surface area contributed by atoms with Crippen molar-refractivity contribution in [3.8, 4) is 0 Å². The van der Waals surface area contributed by atoms with Gasteiger partial charge in [0, 0.05) is 32.7 Å². The van der Waals surface area contributed by atoms with Gasteiger partial charge in [0.05, 0.1) is 12.0 Å². The Morgan fingerprint density at radius 2 is 2.05 bits per heavy atom. The van der Waals surface area contributed by atoms with E-state index in [-0.39, 0.29) is 23.3 Å². The molecule has 6 nitrogen and oxygen atoms in total. The Morgan fingerprint density at radius 3 is 2.60 bits per heavy atom. The minimum atomic E-state index is -0.251. The quantitative estimate of drug-likeness (QED) is 0.638. The van der Waals surface area contributed by atoms with Crippen LogP contribution in [0.15, 0.2) is 0 Å². The molecule has 1 atom stereocenters. The van der Waals surface area contributed by atoms with E-state index in [2.05, 4.69) is 20.9 Å². The maximum absolute atomic E-state index is 12.3. The van der Waals surface area contributed by atoms with Gasteiger partial charge in [-0.15, -0.1) is 0 Å². The van der Waals surface area contributed by atoms with Gasteiger partial charge in [0.2, 0.25) is 11.8 Å². The summed E-state index contributed by atoms with van der Waals surface area (Å²) in [6.07, 6.45) is 2.76. The van der Waals surface area contributed by atoms with E-state index in [1.54, 1.807) is 7.05 Å². The Bertz CT molecular complexity index is 358. The summed E-state index contributed by atoms with van der Waals surface area (Å²) >= 11 is 0. The summed E-state index contributed by atoms with van der Waals surface area (Å²) in [5.74, 6) is 0.226. The van der Waals surface area contributed by atoms with Crippen LogP contribution in [0.4, 0.5) is 0 Å². The molecule has 114 valence electrons. The van der Waals surface area contributed by atoms with Crippen LogP contribution in [0.3, 0.4) is 0 Å². The lowest BCUT2D eigenvalue weighted by Gasteiger charge is -2.33. The molecular weight excluding hydrogens is 256 g/mol. The molecule has 0 saturated carbocycles. The highest BCUT2D eigenvalue weighted by Crippen LogP contribution is 2.25. The molecule has 2 aliphatic heterocycles. The minimum absolute atomic E-state index is 0.0528. The zero-order chi connectivity index (χ0) is 14.6. The van der Waals surface area contributed by atoms with Gasteiger partial charge in [0.25, 0.3) is 0 Å². The predicted molar refractivity (Wildman–Crippen MR) is 77.3 cm³/mol. The minimum Gasteiger partial charge on any atom is -0.358 e. The van der Waals surface area contributed by atoms with Gasteiger partial charge in [-0.2, -0.15) is 0 Å². The zero-order valence-electron chi connectivity index (χ0n) is 12.5. The molecule has 0 bridgehead atoms. The van der Waals surface area contributed by atoms with Gasteiger partial charge in [0.15, 0.2) is 0 Å². The number of piperidine rings is 1. The molecule has 0 aromatic rings. The third-order valence-corrected chi connectivity index (χ3v) is 4.49. The fourth-order valence-corrected chi connectivity index (χ4v) is 2.89.